The largest absolute Gasteiger partial charge is 0.478 e. The molecular formula is C25H24N4O3. The molecule has 7 nitrogen and oxygen atoms in total. The van der Waals surface area contributed by atoms with Crippen LogP contribution in [0.2, 0.25) is 0 Å². The SMILES string of the molecule is Cc1nn(-c2cccc(C(=O)O)c2)c2c1C(c1ccc(C(C)(C)C)cc1)C(C#N)=C(N)O2. The summed E-state index contributed by atoms with van der Waals surface area (Å²) in [4.78, 5) is 11.4. The lowest BCUT2D eigenvalue weighted by molar-refractivity contribution is 0.0697. The number of hydrogen-bond donors (Lipinski definition) is 2. The van der Waals surface area contributed by atoms with Crippen LogP contribution in [-0.2, 0) is 5.41 Å². The van der Waals surface area contributed by atoms with Gasteiger partial charge in [0.05, 0.1) is 28.4 Å². The Balaban J connectivity index is 1.89. The number of carboxylic acids is 1. The van der Waals surface area contributed by atoms with Crippen LogP contribution < -0.4 is 10.5 Å². The lowest BCUT2D eigenvalue weighted by Crippen LogP contribution is -2.22. The van der Waals surface area contributed by atoms with E-state index in [1.807, 2.05) is 19.1 Å². The number of aryl methyl sites for hydroxylation is 1. The lowest BCUT2D eigenvalue weighted by atomic mass is 9.81. The van der Waals surface area contributed by atoms with Gasteiger partial charge in [-0.1, -0.05) is 51.1 Å². The number of fused-ring (bicyclic) bond motifs is 1. The molecular weight excluding hydrogens is 404 g/mol. The van der Waals surface area contributed by atoms with E-state index in [9.17, 15) is 15.2 Å². The van der Waals surface area contributed by atoms with Gasteiger partial charge in [-0.15, -0.1) is 0 Å². The molecule has 0 spiro atoms. The number of benzene rings is 2. The fourth-order valence-corrected chi connectivity index (χ4v) is 3.97. The molecule has 0 aliphatic carbocycles. The van der Waals surface area contributed by atoms with Crippen molar-refractivity contribution in [3.05, 3.63) is 87.9 Å². The van der Waals surface area contributed by atoms with Crippen LogP contribution in [0, 0.1) is 18.3 Å². The van der Waals surface area contributed by atoms with Crippen molar-refractivity contribution in [2.75, 3.05) is 0 Å². The van der Waals surface area contributed by atoms with Crippen molar-refractivity contribution < 1.29 is 14.6 Å². The molecule has 0 saturated heterocycles. The van der Waals surface area contributed by atoms with Gasteiger partial charge in [-0.25, -0.2) is 9.48 Å². The summed E-state index contributed by atoms with van der Waals surface area (Å²) in [5.74, 6) is -1.07. The number of hydrogen-bond acceptors (Lipinski definition) is 5. The zero-order chi connectivity index (χ0) is 23.2. The number of aromatic carboxylic acids is 1. The van der Waals surface area contributed by atoms with E-state index in [0.717, 1.165) is 11.1 Å². The molecule has 1 aliphatic heterocycles. The Kier molecular flexibility index (Phi) is 5.02. The van der Waals surface area contributed by atoms with E-state index >= 15 is 0 Å². The summed E-state index contributed by atoms with van der Waals surface area (Å²) < 4.78 is 7.40. The Morgan fingerprint density at radius 3 is 2.50 bits per heavy atom. The standard InChI is InChI=1S/C25H24N4O3/c1-14-20-21(15-8-10-17(11-9-15)25(2,3)4)19(13-26)22(27)32-23(20)29(28-14)18-7-5-6-16(12-18)24(30)31/h5-12,21H,27H2,1-4H3,(H,30,31). The Morgan fingerprint density at radius 1 is 1.22 bits per heavy atom. The van der Waals surface area contributed by atoms with Crippen LogP contribution in [0.15, 0.2) is 60.0 Å². The zero-order valence-electron chi connectivity index (χ0n) is 18.4. The van der Waals surface area contributed by atoms with Crippen molar-refractivity contribution in [3.63, 3.8) is 0 Å². The highest BCUT2D eigenvalue weighted by Crippen LogP contribution is 2.44. The Hall–Kier alpha value is -4.05. The molecule has 1 aromatic heterocycles. The minimum atomic E-state index is -1.03. The van der Waals surface area contributed by atoms with Crippen LogP contribution in [0.1, 0.15) is 59.4 Å². The predicted molar refractivity (Wildman–Crippen MR) is 120 cm³/mol. The number of carboxylic acid groups (broad SMARTS) is 1. The minimum absolute atomic E-state index is 0.00223. The van der Waals surface area contributed by atoms with Crippen LogP contribution in [0.25, 0.3) is 5.69 Å². The second-order valence-electron chi connectivity index (χ2n) is 8.87. The Morgan fingerprint density at radius 2 is 1.91 bits per heavy atom. The molecule has 3 N–H and O–H groups in total. The van der Waals surface area contributed by atoms with Crippen LogP contribution in [0.4, 0.5) is 0 Å². The summed E-state index contributed by atoms with van der Waals surface area (Å²) >= 11 is 0. The molecule has 7 heteroatoms. The van der Waals surface area contributed by atoms with Crippen LogP contribution in [0.5, 0.6) is 5.88 Å². The number of ether oxygens (including phenoxy) is 1. The van der Waals surface area contributed by atoms with Gasteiger partial charge in [-0.05, 0) is 41.7 Å². The second kappa shape index (κ2) is 7.57. The predicted octanol–water partition coefficient (Wildman–Crippen LogP) is 4.39. The summed E-state index contributed by atoms with van der Waals surface area (Å²) in [6, 6.07) is 16.8. The molecule has 162 valence electrons. The first-order chi connectivity index (χ1) is 15.1. The second-order valence-corrected chi connectivity index (χ2v) is 8.87. The maximum Gasteiger partial charge on any atom is 0.335 e. The fraction of sp³-hybridized carbons (Fsp3) is 0.240. The lowest BCUT2D eigenvalue weighted by Gasteiger charge is -2.26. The summed E-state index contributed by atoms with van der Waals surface area (Å²) in [5, 5.41) is 23.8. The van der Waals surface area contributed by atoms with Gasteiger partial charge < -0.3 is 15.6 Å². The number of nitrogens with two attached hydrogens (primary N) is 1. The summed E-state index contributed by atoms with van der Waals surface area (Å²) in [5.41, 5.74) is 10.7. The molecule has 1 unspecified atom stereocenters. The Bertz CT molecular complexity index is 1290. The van der Waals surface area contributed by atoms with E-state index < -0.39 is 11.9 Å². The number of nitriles is 1. The van der Waals surface area contributed by atoms with Crippen molar-refractivity contribution in [1.29, 1.82) is 5.26 Å². The number of nitrogens with zero attached hydrogens (tertiary/aromatic N) is 3. The van der Waals surface area contributed by atoms with Gasteiger partial charge in [0, 0.05) is 0 Å². The number of allylic oxidation sites excluding steroid dienone is 1. The quantitative estimate of drug-likeness (QED) is 0.639. The summed E-state index contributed by atoms with van der Waals surface area (Å²) in [6.45, 7) is 8.28. The zero-order valence-corrected chi connectivity index (χ0v) is 18.4. The molecule has 0 radical (unpaired) electrons. The average Bonchev–Trinajstić information content (AvgIpc) is 3.08. The van der Waals surface area contributed by atoms with Crippen molar-refractivity contribution in [3.8, 4) is 17.6 Å². The molecule has 0 saturated carbocycles. The smallest absolute Gasteiger partial charge is 0.335 e. The van der Waals surface area contributed by atoms with Gasteiger partial charge in [0.2, 0.25) is 11.8 Å². The Labute approximate surface area is 186 Å². The maximum absolute atomic E-state index is 11.4. The summed E-state index contributed by atoms with van der Waals surface area (Å²) in [6.07, 6.45) is 0. The van der Waals surface area contributed by atoms with Gasteiger partial charge in [0.15, 0.2) is 0 Å². The minimum Gasteiger partial charge on any atom is -0.478 e. The van der Waals surface area contributed by atoms with E-state index in [1.54, 1.807) is 12.1 Å². The van der Waals surface area contributed by atoms with Crippen LogP contribution in [-0.4, -0.2) is 20.9 Å². The van der Waals surface area contributed by atoms with E-state index in [2.05, 4.69) is 44.1 Å². The fourth-order valence-electron chi connectivity index (χ4n) is 3.97. The van der Waals surface area contributed by atoms with Gasteiger partial charge in [0.25, 0.3) is 0 Å². The van der Waals surface area contributed by atoms with Gasteiger partial charge in [-0.3, -0.25) is 0 Å². The number of rotatable bonds is 3. The van der Waals surface area contributed by atoms with Crippen LogP contribution in [0.3, 0.4) is 0 Å². The molecule has 32 heavy (non-hydrogen) atoms. The molecule has 0 amide bonds. The topological polar surface area (TPSA) is 114 Å². The first-order valence-electron chi connectivity index (χ1n) is 10.2. The van der Waals surface area contributed by atoms with E-state index in [-0.39, 0.29) is 16.9 Å². The monoisotopic (exact) mass is 428 g/mol. The number of carbonyl (C=O) groups is 1. The first-order valence-corrected chi connectivity index (χ1v) is 10.2. The molecule has 0 bridgehead atoms. The third-order valence-corrected chi connectivity index (χ3v) is 5.68. The van der Waals surface area contributed by atoms with Crippen LogP contribution >= 0.6 is 0 Å². The molecule has 0 fully saturated rings. The molecule has 2 aromatic carbocycles. The van der Waals surface area contributed by atoms with E-state index in [1.165, 1.54) is 22.4 Å². The third-order valence-electron chi connectivity index (χ3n) is 5.68. The highest BCUT2D eigenvalue weighted by Gasteiger charge is 2.36. The normalized spacial score (nSPS) is 15.7. The molecule has 1 atom stereocenters. The third kappa shape index (κ3) is 3.50. The van der Waals surface area contributed by atoms with E-state index in [4.69, 9.17) is 10.5 Å². The average molecular weight is 428 g/mol. The number of aromatic nitrogens is 2. The molecule has 2 heterocycles. The molecule has 4 rings (SSSR count). The van der Waals surface area contributed by atoms with Crippen molar-refractivity contribution in [2.24, 2.45) is 5.73 Å². The molecule has 1 aliphatic rings. The van der Waals surface area contributed by atoms with E-state index in [0.29, 0.717) is 22.8 Å². The van der Waals surface area contributed by atoms with Crippen molar-refractivity contribution in [1.82, 2.24) is 9.78 Å². The highest BCUT2D eigenvalue weighted by molar-refractivity contribution is 5.88. The van der Waals surface area contributed by atoms with Gasteiger partial charge >= 0.3 is 5.97 Å². The van der Waals surface area contributed by atoms with Crippen molar-refractivity contribution in [2.45, 2.75) is 39.0 Å². The summed E-state index contributed by atoms with van der Waals surface area (Å²) in [7, 11) is 0. The first kappa shape index (κ1) is 21.2. The van der Waals surface area contributed by atoms with Gasteiger partial charge in [-0.2, -0.15) is 10.4 Å². The maximum atomic E-state index is 11.4. The molecule has 3 aromatic rings. The highest BCUT2D eigenvalue weighted by atomic mass is 16.5. The van der Waals surface area contributed by atoms with Gasteiger partial charge in [0.1, 0.15) is 11.6 Å². The van der Waals surface area contributed by atoms with Crippen molar-refractivity contribution >= 4 is 5.97 Å².